The molecule has 180 valence electrons. The molecule has 0 aliphatic heterocycles. The van der Waals surface area contributed by atoms with E-state index in [1.54, 1.807) is 0 Å². The second kappa shape index (κ2) is 9.15. The van der Waals surface area contributed by atoms with E-state index in [1.807, 2.05) is 0 Å². The molecule has 0 spiro atoms. The molecule has 0 amide bonds. The summed E-state index contributed by atoms with van der Waals surface area (Å²) >= 11 is 0. The smallest absolute Gasteiger partial charge is 0.0493 e. The highest BCUT2D eigenvalue weighted by Gasteiger charge is 2.64. The molecular weight excluding hydrogens is 404 g/mol. The normalized spacial score (nSPS) is 47.0. The first-order valence-corrected chi connectivity index (χ1v) is 14.2. The molecule has 4 saturated carbocycles. The molecule has 0 bridgehead atoms. The summed E-state index contributed by atoms with van der Waals surface area (Å²) in [6.45, 7) is 0.549. The molecule has 0 saturated heterocycles. The molecule has 33 heavy (non-hydrogen) atoms. The lowest BCUT2D eigenvalue weighted by Gasteiger charge is -2.52. The lowest BCUT2D eigenvalue weighted by molar-refractivity contribution is -0.0751. The van der Waals surface area contributed by atoms with Crippen molar-refractivity contribution in [3.05, 3.63) is 48.6 Å². The van der Waals surface area contributed by atoms with Gasteiger partial charge in [-0.3, -0.25) is 0 Å². The van der Waals surface area contributed by atoms with E-state index in [9.17, 15) is 10.2 Å². The first kappa shape index (κ1) is 22.4. The molecule has 0 aromatic rings. The lowest BCUT2D eigenvalue weighted by atomic mass is 9.52. The topological polar surface area (TPSA) is 40.5 Å². The largest absolute Gasteiger partial charge is 0.396 e. The summed E-state index contributed by atoms with van der Waals surface area (Å²) in [6, 6.07) is 0. The van der Waals surface area contributed by atoms with E-state index in [0.29, 0.717) is 42.1 Å². The van der Waals surface area contributed by atoms with Crippen molar-refractivity contribution in [3.63, 3.8) is 0 Å². The van der Waals surface area contributed by atoms with Crippen molar-refractivity contribution in [2.75, 3.05) is 13.2 Å². The maximum absolute atomic E-state index is 11.5. The SMILES string of the molecule is OCCCC(CO)(C1C2C=CC=CC2C2CCCCC21)C1C2C=CC=CC2C2CCCCC21. The molecule has 6 aliphatic carbocycles. The first-order valence-electron chi connectivity index (χ1n) is 14.2. The minimum Gasteiger partial charge on any atom is -0.396 e. The third-order valence-electron chi connectivity index (χ3n) is 11.4. The van der Waals surface area contributed by atoms with E-state index in [1.165, 1.54) is 51.4 Å². The van der Waals surface area contributed by atoms with Crippen LogP contribution in [0.1, 0.15) is 64.2 Å². The van der Waals surface area contributed by atoms with Crippen LogP contribution in [-0.2, 0) is 0 Å². The van der Waals surface area contributed by atoms with Crippen LogP contribution < -0.4 is 0 Å². The van der Waals surface area contributed by atoms with E-state index in [4.69, 9.17) is 0 Å². The third kappa shape index (κ3) is 3.41. The fourth-order valence-corrected chi connectivity index (χ4v) is 10.5. The molecule has 0 heterocycles. The summed E-state index contributed by atoms with van der Waals surface area (Å²) in [7, 11) is 0. The number of hydrogen-bond donors (Lipinski definition) is 2. The zero-order chi connectivity index (χ0) is 22.4. The zero-order valence-corrected chi connectivity index (χ0v) is 20.3. The van der Waals surface area contributed by atoms with Crippen molar-refractivity contribution in [1.29, 1.82) is 0 Å². The van der Waals surface area contributed by atoms with Crippen molar-refractivity contribution in [1.82, 2.24) is 0 Å². The molecule has 4 fully saturated rings. The van der Waals surface area contributed by atoms with E-state index in [-0.39, 0.29) is 12.0 Å². The van der Waals surface area contributed by atoms with Crippen LogP contribution in [0.25, 0.3) is 0 Å². The van der Waals surface area contributed by atoms with Gasteiger partial charge in [0.1, 0.15) is 0 Å². The molecule has 6 rings (SSSR count). The molecule has 0 aromatic carbocycles. The molecule has 0 radical (unpaired) electrons. The van der Waals surface area contributed by atoms with Crippen molar-refractivity contribution in [2.24, 2.45) is 64.6 Å². The minimum absolute atomic E-state index is 0.0763. The number of rotatable bonds is 6. The van der Waals surface area contributed by atoms with Crippen LogP contribution >= 0.6 is 0 Å². The van der Waals surface area contributed by atoms with Gasteiger partial charge in [-0.2, -0.15) is 0 Å². The Morgan fingerprint density at radius 2 is 1.00 bits per heavy atom. The highest BCUT2D eigenvalue weighted by Crippen LogP contribution is 2.68. The van der Waals surface area contributed by atoms with E-state index in [0.717, 1.165) is 36.5 Å². The predicted octanol–water partition coefficient (Wildman–Crippen LogP) is 6.33. The molecule has 0 aromatic heterocycles. The molecule has 2 nitrogen and oxygen atoms in total. The Labute approximate surface area is 200 Å². The Bertz CT molecular complexity index is 761. The van der Waals surface area contributed by atoms with Crippen molar-refractivity contribution >= 4 is 0 Å². The van der Waals surface area contributed by atoms with Crippen LogP contribution in [-0.4, -0.2) is 23.4 Å². The summed E-state index contributed by atoms with van der Waals surface area (Å²) < 4.78 is 0. The summed E-state index contributed by atoms with van der Waals surface area (Å²) in [6.07, 6.45) is 32.0. The minimum atomic E-state index is -0.0763. The van der Waals surface area contributed by atoms with Gasteiger partial charge in [0.25, 0.3) is 0 Å². The molecule has 2 N–H and O–H groups in total. The van der Waals surface area contributed by atoms with Gasteiger partial charge < -0.3 is 10.2 Å². The maximum Gasteiger partial charge on any atom is 0.0493 e. The summed E-state index contributed by atoms with van der Waals surface area (Å²) in [4.78, 5) is 0. The highest BCUT2D eigenvalue weighted by molar-refractivity contribution is 5.27. The second-order valence-electron chi connectivity index (χ2n) is 12.3. The van der Waals surface area contributed by atoms with Gasteiger partial charge in [-0.25, -0.2) is 0 Å². The lowest BCUT2D eigenvalue weighted by Crippen LogP contribution is -2.50. The van der Waals surface area contributed by atoms with Crippen LogP contribution in [0, 0.1) is 64.6 Å². The van der Waals surface area contributed by atoms with Gasteiger partial charge in [0, 0.05) is 18.6 Å². The van der Waals surface area contributed by atoms with Gasteiger partial charge in [-0.05, 0) is 97.7 Å². The van der Waals surface area contributed by atoms with Gasteiger partial charge in [0.2, 0.25) is 0 Å². The molecule has 10 unspecified atom stereocenters. The van der Waals surface area contributed by atoms with Crippen molar-refractivity contribution in [2.45, 2.75) is 64.2 Å². The average Bonchev–Trinajstić information content (AvgIpc) is 3.40. The number of aliphatic hydroxyl groups is 2. The predicted molar refractivity (Wildman–Crippen MR) is 134 cm³/mol. The van der Waals surface area contributed by atoms with E-state index < -0.39 is 0 Å². The van der Waals surface area contributed by atoms with Crippen LogP contribution in [0.5, 0.6) is 0 Å². The Kier molecular flexibility index (Phi) is 6.20. The van der Waals surface area contributed by atoms with Crippen LogP contribution in [0.15, 0.2) is 48.6 Å². The van der Waals surface area contributed by atoms with Gasteiger partial charge in [-0.15, -0.1) is 0 Å². The number of allylic oxidation sites excluding steroid dienone is 8. The second-order valence-corrected chi connectivity index (χ2v) is 12.3. The Balaban J connectivity index is 1.47. The van der Waals surface area contributed by atoms with E-state index >= 15 is 0 Å². The van der Waals surface area contributed by atoms with Gasteiger partial charge in [0.05, 0.1) is 0 Å². The number of fused-ring (bicyclic) bond motifs is 6. The van der Waals surface area contributed by atoms with Gasteiger partial charge >= 0.3 is 0 Å². The number of hydrogen-bond acceptors (Lipinski definition) is 2. The third-order valence-corrected chi connectivity index (χ3v) is 11.4. The molecule has 6 aliphatic rings. The first-order chi connectivity index (χ1) is 16.3. The Hall–Kier alpha value is -1.12. The summed E-state index contributed by atoms with van der Waals surface area (Å²) in [5.74, 6) is 6.60. The molecule has 10 atom stereocenters. The Morgan fingerprint density at radius 3 is 1.42 bits per heavy atom. The molecular formula is C31H44O2. The average molecular weight is 449 g/mol. The quantitative estimate of drug-likeness (QED) is 0.499. The maximum atomic E-state index is 11.5. The van der Waals surface area contributed by atoms with Gasteiger partial charge in [-0.1, -0.05) is 74.3 Å². The zero-order valence-electron chi connectivity index (χ0n) is 20.3. The monoisotopic (exact) mass is 448 g/mol. The standard InChI is InChI=1S/C31H44O2/c32-19-9-18-31(20-33,29-25-14-5-1-10-21(25)22-11-2-6-15-26(22)29)30-27-16-7-3-12-23(27)24-13-4-8-17-28(24)30/h1,3,5,7,10,12,14,16,21-30,32-33H,2,4,6,8-9,11,13,15,17-20H2. The van der Waals surface area contributed by atoms with Gasteiger partial charge in [0.15, 0.2) is 0 Å². The fourth-order valence-electron chi connectivity index (χ4n) is 10.5. The number of aliphatic hydroxyl groups excluding tert-OH is 2. The van der Waals surface area contributed by atoms with E-state index in [2.05, 4.69) is 48.6 Å². The van der Waals surface area contributed by atoms with Crippen molar-refractivity contribution < 1.29 is 10.2 Å². The van der Waals surface area contributed by atoms with Crippen molar-refractivity contribution in [3.8, 4) is 0 Å². The summed E-state index contributed by atoms with van der Waals surface area (Å²) in [5.41, 5.74) is -0.0763. The van der Waals surface area contributed by atoms with Crippen LogP contribution in [0.4, 0.5) is 0 Å². The summed E-state index contributed by atoms with van der Waals surface area (Å²) in [5, 5.41) is 21.5. The van der Waals surface area contributed by atoms with Crippen LogP contribution in [0.2, 0.25) is 0 Å². The fraction of sp³-hybridized carbons (Fsp3) is 0.742. The molecule has 2 heteroatoms. The highest BCUT2D eigenvalue weighted by atomic mass is 16.3. The van der Waals surface area contributed by atoms with Crippen LogP contribution in [0.3, 0.4) is 0 Å². The Morgan fingerprint density at radius 1 is 0.576 bits per heavy atom.